The van der Waals surface area contributed by atoms with E-state index in [0.29, 0.717) is 6.10 Å². The molecule has 110 valence electrons. The van der Waals surface area contributed by atoms with E-state index in [9.17, 15) is 5.26 Å². The fourth-order valence-electron chi connectivity index (χ4n) is 2.74. The summed E-state index contributed by atoms with van der Waals surface area (Å²) in [6, 6.07) is 2.47. The third-order valence-electron chi connectivity index (χ3n) is 4.09. The molecule has 0 saturated carbocycles. The molecule has 0 radical (unpaired) electrons. The van der Waals surface area contributed by atoms with Crippen molar-refractivity contribution >= 4 is 0 Å². The second-order valence-corrected chi connectivity index (χ2v) is 5.38. The molecule has 1 aliphatic rings. The Kier molecular flexibility index (Phi) is 7.37. The average molecular weight is 267 g/mol. The van der Waals surface area contributed by atoms with Gasteiger partial charge >= 0.3 is 0 Å². The minimum atomic E-state index is -0.328. The monoisotopic (exact) mass is 267 g/mol. The van der Waals surface area contributed by atoms with Crippen LogP contribution in [0.3, 0.4) is 0 Å². The number of nitriles is 1. The van der Waals surface area contributed by atoms with Crippen LogP contribution >= 0.6 is 0 Å². The molecule has 1 saturated heterocycles. The normalized spacial score (nSPS) is 23.8. The second-order valence-electron chi connectivity index (χ2n) is 5.38. The molecule has 1 N–H and O–H groups in total. The number of ether oxygens (including phenoxy) is 1. The van der Waals surface area contributed by atoms with Gasteiger partial charge in [-0.05, 0) is 38.8 Å². The quantitative estimate of drug-likeness (QED) is 0.732. The lowest BCUT2D eigenvalue weighted by Crippen LogP contribution is -2.45. The predicted molar refractivity (Wildman–Crippen MR) is 78.0 cm³/mol. The summed E-state index contributed by atoms with van der Waals surface area (Å²) in [5.41, 5.74) is -0.328. The molecule has 4 heteroatoms. The van der Waals surface area contributed by atoms with Crippen LogP contribution in [0.15, 0.2) is 0 Å². The van der Waals surface area contributed by atoms with E-state index >= 15 is 0 Å². The van der Waals surface area contributed by atoms with Crippen LogP contribution in [-0.4, -0.2) is 49.3 Å². The maximum atomic E-state index is 9.38. The van der Waals surface area contributed by atoms with Crippen molar-refractivity contribution in [1.82, 2.24) is 10.2 Å². The van der Waals surface area contributed by atoms with E-state index in [4.69, 9.17) is 4.74 Å². The Balaban J connectivity index is 2.33. The fourth-order valence-corrected chi connectivity index (χ4v) is 2.74. The van der Waals surface area contributed by atoms with E-state index in [2.05, 4.69) is 37.1 Å². The fraction of sp³-hybridized carbons (Fsp3) is 0.933. The van der Waals surface area contributed by atoms with E-state index in [0.717, 1.165) is 58.5 Å². The van der Waals surface area contributed by atoms with Crippen molar-refractivity contribution in [2.24, 2.45) is 0 Å². The van der Waals surface area contributed by atoms with Crippen LogP contribution in [0.5, 0.6) is 0 Å². The summed E-state index contributed by atoms with van der Waals surface area (Å²) in [4.78, 5) is 2.47. The SMILES string of the molecule is CCNC(C#N)(CC)CCCN1CCOC(CC)C1. The largest absolute Gasteiger partial charge is 0.376 e. The van der Waals surface area contributed by atoms with Crippen molar-refractivity contribution in [2.75, 3.05) is 32.8 Å². The first-order valence-electron chi connectivity index (χ1n) is 7.70. The lowest BCUT2D eigenvalue weighted by atomic mass is 9.92. The summed E-state index contributed by atoms with van der Waals surface area (Å²) in [7, 11) is 0. The van der Waals surface area contributed by atoms with Crippen molar-refractivity contribution in [2.45, 2.75) is 58.1 Å². The van der Waals surface area contributed by atoms with Crippen molar-refractivity contribution < 1.29 is 4.74 Å². The Morgan fingerprint density at radius 1 is 1.42 bits per heavy atom. The second kappa shape index (κ2) is 8.52. The van der Waals surface area contributed by atoms with Gasteiger partial charge in [0, 0.05) is 13.1 Å². The molecular formula is C15H29N3O. The van der Waals surface area contributed by atoms with Crippen molar-refractivity contribution in [1.29, 1.82) is 5.26 Å². The van der Waals surface area contributed by atoms with Gasteiger partial charge in [-0.15, -0.1) is 0 Å². The molecule has 0 aromatic rings. The Bertz CT molecular complexity index is 290. The summed E-state index contributed by atoms with van der Waals surface area (Å²) in [6.07, 6.45) is 4.37. The zero-order valence-corrected chi connectivity index (χ0v) is 12.7. The van der Waals surface area contributed by atoms with Gasteiger partial charge in [0.2, 0.25) is 0 Å². The topological polar surface area (TPSA) is 48.3 Å². The molecular weight excluding hydrogens is 238 g/mol. The predicted octanol–water partition coefficient (Wildman–Crippen LogP) is 2.16. The first kappa shape index (κ1) is 16.4. The van der Waals surface area contributed by atoms with Crippen molar-refractivity contribution in [3.8, 4) is 6.07 Å². The van der Waals surface area contributed by atoms with E-state index in [1.807, 2.05) is 0 Å². The Labute approximate surface area is 118 Å². The van der Waals surface area contributed by atoms with E-state index in [-0.39, 0.29) is 5.54 Å². The first-order chi connectivity index (χ1) is 9.19. The third kappa shape index (κ3) is 5.10. The van der Waals surface area contributed by atoms with Gasteiger partial charge in [0.15, 0.2) is 0 Å². The highest BCUT2D eigenvalue weighted by Gasteiger charge is 2.26. The van der Waals surface area contributed by atoms with Crippen LogP contribution in [0.4, 0.5) is 0 Å². The molecule has 0 amide bonds. The smallest absolute Gasteiger partial charge is 0.106 e. The molecule has 1 rings (SSSR count). The van der Waals surface area contributed by atoms with Crippen molar-refractivity contribution in [3.63, 3.8) is 0 Å². The lowest BCUT2D eigenvalue weighted by Gasteiger charge is -2.33. The molecule has 0 aliphatic carbocycles. The molecule has 2 atom stereocenters. The molecule has 1 fully saturated rings. The van der Waals surface area contributed by atoms with Crippen LogP contribution in [0.2, 0.25) is 0 Å². The number of nitrogens with one attached hydrogen (secondary N) is 1. The highest BCUT2D eigenvalue weighted by Crippen LogP contribution is 2.17. The highest BCUT2D eigenvalue weighted by atomic mass is 16.5. The van der Waals surface area contributed by atoms with Crippen LogP contribution in [-0.2, 0) is 4.74 Å². The zero-order valence-electron chi connectivity index (χ0n) is 12.7. The molecule has 0 spiro atoms. The van der Waals surface area contributed by atoms with E-state index < -0.39 is 0 Å². The van der Waals surface area contributed by atoms with Crippen LogP contribution in [0.1, 0.15) is 46.5 Å². The maximum Gasteiger partial charge on any atom is 0.106 e. The highest BCUT2D eigenvalue weighted by molar-refractivity contribution is 5.06. The van der Waals surface area contributed by atoms with Gasteiger partial charge in [0.25, 0.3) is 0 Å². The van der Waals surface area contributed by atoms with Gasteiger partial charge in [-0.2, -0.15) is 5.26 Å². The van der Waals surface area contributed by atoms with Crippen LogP contribution in [0.25, 0.3) is 0 Å². The van der Waals surface area contributed by atoms with Gasteiger partial charge in [-0.1, -0.05) is 20.8 Å². The minimum Gasteiger partial charge on any atom is -0.376 e. The molecule has 19 heavy (non-hydrogen) atoms. The van der Waals surface area contributed by atoms with Gasteiger partial charge in [0.05, 0.1) is 18.8 Å². The summed E-state index contributed by atoms with van der Waals surface area (Å²) in [5, 5.41) is 12.7. The first-order valence-corrected chi connectivity index (χ1v) is 7.70. The van der Waals surface area contributed by atoms with Crippen LogP contribution in [0, 0.1) is 11.3 Å². The molecule has 0 aromatic heterocycles. The molecule has 0 aromatic carbocycles. The van der Waals surface area contributed by atoms with Crippen molar-refractivity contribution in [3.05, 3.63) is 0 Å². The van der Waals surface area contributed by atoms with Gasteiger partial charge in [-0.3, -0.25) is 10.2 Å². The summed E-state index contributed by atoms with van der Waals surface area (Å²) in [5.74, 6) is 0. The molecule has 1 aliphatic heterocycles. The summed E-state index contributed by atoms with van der Waals surface area (Å²) >= 11 is 0. The van der Waals surface area contributed by atoms with E-state index in [1.54, 1.807) is 0 Å². The minimum absolute atomic E-state index is 0.328. The van der Waals surface area contributed by atoms with Crippen LogP contribution < -0.4 is 5.32 Å². The number of rotatable bonds is 8. The number of morpholine rings is 1. The van der Waals surface area contributed by atoms with E-state index in [1.165, 1.54) is 0 Å². The summed E-state index contributed by atoms with van der Waals surface area (Å²) < 4.78 is 5.68. The number of hydrogen-bond acceptors (Lipinski definition) is 4. The molecule has 1 heterocycles. The van der Waals surface area contributed by atoms with Gasteiger partial charge < -0.3 is 4.74 Å². The molecule has 2 unspecified atom stereocenters. The summed E-state index contributed by atoms with van der Waals surface area (Å²) in [6.45, 7) is 11.2. The average Bonchev–Trinajstić information content (AvgIpc) is 2.46. The number of nitrogens with zero attached hydrogens (tertiary/aromatic N) is 2. The number of hydrogen-bond donors (Lipinski definition) is 1. The standard InChI is InChI=1S/C15H29N3O/c1-4-14-12-18(10-11-19-14)9-7-8-15(5-2,13-16)17-6-3/h14,17H,4-12H2,1-3H3. The maximum absolute atomic E-state index is 9.38. The zero-order chi connectivity index (χ0) is 14.1. The van der Waals surface area contributed by atoms with Gasteiger partial charge in [0.1, 0.15) is 5.54 Å². The van der Waals surface area contributed by atoms with Gasteiger partial charge in [-0.25, -0.2) is 0 Å². The Morgan fingerprint density at radius 3 is 2.79 bits per heavy atom. The molecule has 0 bridgehead atoms. The lowest BCUT2D eigenvalue weighted by molar-refractivity contribution is -0.0302. The Hall–Kier alpha value is -0.630. The Morgan fingerprint density at radius 2 is 2.21 bits per heavy atom. The third-order valence-corrected chi connectivity index (χ3v) is 4.09. The molecule has 4 nitrogen and oxygen atoms in total.